The fourth-order valence-electron chi connectivity index (χ4n) is 3.83. The number of methoxy groups -OCH3 is 2. The second-order valence-corrected chi connectivity index (χ2v) is 7.42. The van der Waals surface area contributed by atoms with Crippen LogP contribution >= 0.6 is 0 Å². The zero-order valence-corrected chi connectivity index (χ0v) is 17.8. The number of amides is 1. The van der Waals surface area contributed by atoms with Gasteiger partial charge in [0.15, 0.2) is 17.3 Å². The number of rotatable bonds is 6. The SMILES string of the molecule is COc1cc(C(=O)Nc2cccc(-c3nnc4n3CCCCC4)c2)c([N+](=O)[O-])cc1OC. The molecule has 1 N–H and O–H groups in total. The minimum Gasteiger partial charge on any atom is -0.493 e. The number of aromatic nitrogens is 3. The third kappa shape index (κ3) is 4.11. The van der Waals surface area contributed by atoms with Crippen LogP contribution in [0.2, 0.25) is 0 Å². The smallest absolute Gasteiger partial charge is 0.286 e. The van der Waals surface area contributed by atoms with Gasteiger partial charge in [-0.05, 0) is 25.0 Å². The molecule has 0 spiro atoms. The summed E-state index contributed by atoms with van der Waals surface area (Å²) >= 11 is 0. The first kappa shape index (κ1) is 21.3. The van der Waals surface area contributed by atoms with E-state index in [0.717, 1.165) is 49.4 Å². The number of anilines is 1. The summed E-state index contributed by atoms with van der Waals surface area (Å²) in [6.07, 6.45) is 4.21. The number of carbonyl (C=O) groups excluding carboxylic acids is 1. The summed E-state index contributed by atoms with van der Waals surface area (Å²) in [5, 5.41) is 22.9. The van der Waals surface area contributed by atoms with Gasteiger partial charge in [-0.1, -0.05) is 18.6 Å². The van der Waals surface area contributed by atoms with Crippen LogP contribution in [0.3, 0.4) is 0 Å². The number of ether oxygens (including phenoxy) is 2. The van der Waals surface area contributed by atoms with Gasteiger partial charge in [0.25, 0.3) is 11.6 Å². The second-order valence-electron chi connectivity index (χ2n) is 7.42. The molecule has 0 atom stereocenters. The zero-order chi connectivity index (χ0) is 22.7. The Balaban J connectivity index is 1.64. The molecule has 0 fully saturated rings. The molecule has 166 valence electrons. The Kier molecular flexibility index (Phi) is 6.02. The highest BCUT2D eigenvalue weighted by atomic mass is 16.6. The van der Waals surface area contributed by atoms with Gasteiger partial charge in [-0.25, -0.2) is 0 Å². The molecule has 0 saturated carbocycles. The Hall–Kier alpha value is -3.95. The lowest BCUT2D eigenvalue weighted by atomic mass is 10.1. The van der Waals surface area contributed by atoms with Crippen LogP contribution in [-0.4, -0.2) is 39.8 Å². The number of nitrogens with zero attached hydrogens (tertiary/aromatic N) is 4. The lowest BCUT2D eigenvalue weighted by Gasteiger charge is -2.12. The molecule has 2 heterocycles. The first-order chi connectivity index (χ1) is 15.5. The fraction of sp³-hybridized carbons (Fsp3) is 0.318. The van der Waals surface area contributed by atoms with E-state index in [9.17, 15) is 14.9 Å². The van der Waals surface area contributed by atoms with Gasteiger partial charge in [-0.15, -0.1) is 10.2 Å². The number of fused-ring (bicyclic) bond motifs is 1. The van der Waals surface area contributed by atoms with Crippen molar-refractivity contribution in [2.75, 3.05) is 19.5 Å². The Labute approximate surface area is 184 Å². The summed E-state index contributed by atoms with van der Waals surface area (Å²) in [6.45, 7) is 0.853. The van der Waals surface area contributed by atoms with Gasteiger partial charge in [-0.2, -0.15) is 0 Å². The van der Waals surface area contributed by atoms with Crippen molar-refractivity contribution in [1.29, 1.82) is 0 Å². The molecule has 4 rings (SSSR count). The van der Waals surface area contributed by atoms with E-state index < -0.39 is 10.8 Å². The molecular weight excluding hydrogens is 414 g/mol. The molecule has 1 aliphatic rings. The maximum absolute atomic E-state index is 12.9. The third-order valence-corrected chi connectivity index (χ3v) is 5.43. The van der Waals surface area contributed by atoms with E-state index in [4.69, 9.17) is 9.47 Å². The second kappa shape index (κ2) is 9.04. The number of carbonyl (C=O) groups is 1. The highest BCUT2D eigenvalue weighted by molar-refractivity contribution is 6.07. The van der Waals surface area contributed by atoms with E-state index in [0.29, 0.717) is 5.69 Å². The monoisotopic (exact) mass is 437 g/mol. The molecule has 1 aromatic heterocycles. The zero-order valence-electron chi connectivity index (χ0n) is 17.8. The highest BCUT2D eigenvalue weighted by Crippen LogP contribution is 2.35. The van der Waals surface area contributed by atoms with Crippen molar-refractivity contribution in [3.63, 3.8) is 0 Å². The van der Waals surface area contributed by atoms with Crippen molar-refractivity contribution in [3.05, 3.63) is 57.9 Å². The summed E-state index contributed by atoms with van der Waals surface area (Å²) in [6, 6.07) is 9.67. The number of hydrogen-bond acceptors (Lipinski definition) is 7. The van der Waals surface area contributed by atoms with E-state index in [1.165, 1.54) is 26.4 Å². The quantitative estimate of drug-likeness (QED) is 0.459. The molecular formula is C22H23N5O5. The number of nitro benzene ring substituents is 1. The summed E-state index contributed by atoms with van der Waals surface area (Å²) < 4.78 is 12.4. The summed E-state index contributed by atoms with van der Waals surface area (Å²) in [7, 11) is 2.77. The van der Waals surface area contributed by atoms with Gasteiger partial charge in [0.05, 0.1) is 25.2 Å². The normalized spacial score (nSPS) is 13.1. The number of hydrogen-bond donors (Lipinski definition) is 1. The number of aryl methyl sites for hydroxylation is 1. The predicted molar refractivity (Wildman–Crippen MR) is 117 cm³/mol. The minimum absolute atomic E-state index is 0.130. The van der Waals surface area contributed by atoms with Crippen molar-refractivity contribution >= 4 is 17.3 Å². The molecule has 32 heavy (non-hydrogen) atoms. The molecule has 0 unspecified atom stereocenters. The van der Waals surface area contributed by atoms with Crippen molar-refractivity contribution in [3.8, 4) is 22.9 Å². The van der Waals surface area contributed by atoms with E-state index in [2.05, 4.69) is 20.1 Å². The van der Waals surface area contributed by atoms with Crippen LogP contribution in [0.4, 0.5) is 11.4 Å². The van der Waals surface area contributed by atoms with Crippen LogP contribution in [0.1, 0.15) is 35.4 Å². The largest absolute Gasteiger partial charge is 0.493 e. The molecule has 0 radical (unpaired) electrons. The van der Waals surface area contributed by atoms with E-state index in [1.807, 2.05) is 6.07 Å². The topological polar surface area (TPSA) is 121 Å². The van der Waals surface area contributed by atoms with E-state index in [1.54, 1.807) is 18.2 Å². The van der Waals surface area contributed by atoms with Gasteiger partial charge < -0.3 is 19.4 Å². The van der Waals surface area contributed by atoms with Crippen LogP contribution in [0, 0.1) is 10.1 Å². The maximum Gasteiger partial charge on any atom is 0.286 e. The molecule has 0 aliphatic carbocycles. The predicted octanol–water partition coefficient (Wildman–Crippen LogP) is 3.85. The molecule has 3 aromatic rings. The van der Waals surface area contributed by atoms with Crippen LogP contribution in [0.5, 0.6) is 11.5 Å². The third-order valence-electron chi connectivity index (χ3n) is 5.43. The Morgan fingerprint density at radius 2 is 1.88 bits per heavy atom. The van der Waals surface area contributed by atoms with Crippen molar-refractivity contribution in [2.24, 2.45) is 0 Å². The number of nitrogens with one attached hydrogen (secondary N) is 1. The summed E-state index contributed by atoms with van der Waals surface area (Å²) in [5.41, 5.74) is 0.793. The van der Waals surface area contributed by atoms with Gasteiger partial charge in [-0.3, -0.25) is 14.9 Å². The van der Waals surface area contributed by atoms with Gasteiger partial charge in [0.1, 0.15) is 11.4 Å². The summed E-state index contributed by atoms with van der Waals surface area (Å²) in [5.74, 6) is 1.48. The van der Waals surface area contributed by atoms with Crippen LogP contribution in [-0.2, 0) is 13.0 Å². The van der Waals surface area contributed by atoms with Gasteiger partial charge >= 0.3 is 0 Å². The maximum atomic E-state index is 12.9. The van der Waals surface area contributed by atoms with Crippen LogP contribution in [0.15, 0.2) is 36.4 Å². The Bertz CT molecular complexity index is 1170. The fourth-order valence-corrected chi connectivity index (χ4v) is 3.83. The number of benzene rings is 2. The molecule has 0 saturated heterocycles. The first-order valence-electron chi connectivity index (χ1n) is 10.3. The first-order valence-corrected chi connectivity index (χ1v) is 10.3. The standard InChI is InChI=1S/C22H23N5O5/c1-31-18-12-16(17(27(29)30)13-19(18)32-2)22(28)23-15-8-6-7-14(11-15)21-25-24-20-9-4-3-5-10-26(20)21/h6-8,11-13H,3-5,9-10H2,1-2H3,(H,23,28). The van der Waals surface area contributed by atoms with Gasteiger partial charge in [0, 0.05) is 30.3 Å². The highest BCUT2D eigenvalue weighted by Gasteiger charge is 2.25. The molecule has 2 aromatic carbocycles. The van der Waals surface area contributed by atoms with E-state index >= 15 is 0 Å². The molecule has 0 bridgehead atoms. The molecule has 10 nitrogen and oxygen atoms in total. The number of nitro groups is 1. The van der Waals surface area contributed by atoms with E-state index in [-0.39, 0.29) is 22.7 Å². The lowest BCUT2D eigenvalue weighted by molar-refractivity contribution is -0.385. The van der Waals surface area contributed by atoms with Crippen LogP contribution < -0.4 is 14.8 Å². The Morgan fingerprint density at radius 1 is 1.09 bits per heavy atom. The average Bonchev–Trinajstić information content (AvgIpc) is 3.06. The van der Waals surface area contributed by atoms with Crippen LogP contribution in [0.25, 0.3) is 11.4 Å². The molecule has 1 aliphatic heterocycles. The minimum atomic E-state index is -0.630. The molecule has 10 heteroatoms. The molecule has 1 amide bonds. The average molecular weight is 437 g/mol. The summed E-state index contributed by atoms with van der Waals surface area (Å²) in [4.78, 5) is 23.8. The van der Waals surface area contributed by atoms with Crippen molar-refractivity contribution < 1.29 is 19.2 Å². The van der Waals surface area contributed by atoms with Crippen molar-refractivity contribution in [2.45, 2.75) is 32.2 Å². The Morgan fingerprint density at radius 3 is 2.62 bits per heavy atom. The van der Waals surface area contributed by atoms with Gasteiger partial charge in [0.2, 0.25) is 0 Å². The lowest BCUT2D eigenvalue weighted by Crippen LogP contribution is -2.14. The van der Waals surface area contributed by atoms with Crippen molar-refractivity contribution in [1.82, 2.24) is 14.8 Å².